The molecule has 0 radical (unpaired) electrons. The molecule has 0 unspecified atom stereocenters. The number of hydrogen-bond acceptors (Lipinski definition) is 3. The van der Waals surface area contributed by atoms with E-state index in [9.17, 15) is 4.79 Å². The minimum absolute atomic E-state index is 0.0789. The summed E-state index contributed by atoms with van der Waals surface area (Å²) in [5.41, 5.74) is 4.42. The number of aromatic amines is 1. The van der Waals surface area contributed by atoms with Crippen LogP contribution in [0.3, 0.4) is 0 Å². The average Bonchev–Trinajstić information content (AvgIpc) is 3.16. The van der Waals surface area contributed by atoms with Crippen molar-refractivity contribution in [2.24, 2.45) is 5.92 Å². The van der Waals surface area contributed by atoms with Crippen molar-refractivity contribution in [3.8, 4) is 0 Å². The van der Waals surface area contributed by atoms with Crippen LogP contribution in [0.4, 0.5) is 0 Å². The van der Waals surface area contributed by atoms with E-state index in [0.717, 1.165) is 42.5 Å². The molecule has 3 atom stereocenters. The van der Waals surface area contributed by atoms with Crippen LogP contribution >= 0.6 is 0 Å². The predicted molar refractivity (Wildman–Crippen MR) is 117 cm³/mol. The molecule has 0 amide bonds. The Bertz CT molecular complexity index is 1000. The number of nitrogens with one attached hydrogen (secondary N) is 1. The molecular formula is C25H30N2O2. The number of esters is 1. The van der Waals surface area contributed by atoms with Gasteiger partial charge in [-0.3, -0.25) is 9.69 Å². The summed E-state index contributed by atoms with van der Waals surface area (Å²) in [4.78, 5) is 18.6. The highest BCUT2D eigenvalue weighted by Gasteiger charge is 2.31. The molecule has 0 bridgehead atoms. The van der Waals surface area contributed by atoms with Crippen molar-refractivity contribution >= 4 is 16.9 Å². The summed E-state index contributed by atoms with van der Waals surface area (Å²) < 4.78 is 14.2. The third-order valence-corrected chi connectivity index (χ3v) is 6.04. The molecule has 0 saturated heterocycles. The minimum Gasteiger partial charge on any atom is -0.469 e. The van der Waals surface area contributed by atoms with E-state index in [2.05, 4.69) is 41.1 Å². The van der Waals surface area contributed by atoms with Gasteiger partial charge in [-0.2, -0.15) is 0 Å². The monoisotopic (exact) mass is 391 g/mol. The maximum Gasteiger partial charge on any atom is 0.314 e. The van der Waals surface area contributed by atoms with Crippen molar-refractivity contribution in [2.45, 2.75) is 38.6 Å². The van der Waals surface area contributed by atoms with Crippen LogP contribution in [0.25, 0.3) is 10.9 Å². The predicted octanol–water partition coefficient (Wildman–Crippen LogP) is 4.90. The molecule has 29 heavy (non-hydrogen) atoms. The number of benzene rings is 2. The fourth-order valence-corrected chi connectivity index (χ4v) is 4.48. The molecule has 1 aliphatic heterocycles. The normalized spacial score (nSPS) is 23.5. The first-order valence-electron chi connectivity index (χ1n) is 11.1. The second kappa shape index (κ2) is 8.83. The van der Waals surface area contributed by atoms with Gasteiger partial charge in [-0.1, -0.05) is 61.9 Å². The summed E-state index contributed by atoms with van der Waals surface area (Å²) in [6.45, 7) is 3.28. The number of H-pyrrole nitrogens is 1. The number of methoxy groups -OCH3 is 1. The number of ether oxygens (including phenoxy) is 1. The number of aromatic nitrogens is 1. The molecule has 0 spiro atoms. The number of carbonyl (C=O) groups is 1. The number of carbonyl (C=O) groups excluding carboxylic acids is 1. The molecular weight excluding hydrogens is 360 g/mol. The smallest absolute Gasteiger partial charge is 0.314 e. The van der Waals surface area contributed by atoms with Gasteiger partial charge < -0.3 is 9.72 Å². The Kier molecular flexibility index (Phi) is 5.61. The average molecular weight is 392 g/mol. The Balaban J connectivity index is 1.76. The molecule has 2 heterocycles. The van der Waals surface area contributed by atoms with Crippen LogP contribution in [0.5, 0.6) is 0 Å². The maximum absolute atomic E-state index is 12.8. The van der Waals surface area contributed by atoms with Crippen LogP contribution in [-0.4, -0.2) is 36.0 Å². The lowest BCUT2D eigenvalue weighted by molar-refractivity contribution is -0.143. The lowest BCUT2D eigenvalue weighted by atomic mass is 9.88. The fourth-order valence-electron chi connectivity index (χ4n) is 4.48. The minimum atomic E-state index is -0.369. The van der Waals surface area contributed by atoms with Crippen LogP contribution in [0, 0.1) is 5.92 Å². The Morgan fingerprint density at radius 1 is 1.21 bits per heavy atom. The van der Waals surface area contributed by atoms with Crippen molar-refractivity contribution in [3.63, 3.8) is 0 Å². The number of rotatable bonds is 4. The first kappa shape index (κ1) is 18.4. The fraction of sp³-hybridized carbons (Fsp3) is 0.400. The quantitative estimate of drug-likeness (QED) is 0.644. The van der Waals surface area contributed by atoms with Gasteiger partial charge in [0.25, 0.3) is 0 Å². The molecule has 0 fully saturated rings. The van der Waals surface area contributed by atoms with Gasteiger partial charge in [0, 0.05) is 37.6 Å². The van der Waals surface area contributed by atoms with Crippen molar-refractivity contribution in [3.05, 3.63) is 71.4 Å². The second-order valence-electron chi connectivity index (χ2n) is 7.90. The molecule has 4 heteroatoms. The molecule has 1 aromatic heterocycles. The van der Waals surface area contributed by atoms with E-state index in [1.807, 2.05) is 30.3 Å². The molecule has 0 saturated carbocycles. The van der Waals surface area contributed by atoms with Crippen molar-refractivity contribution in [2.75, 3.05) is 20.2 Å². The number of fused-ring (bicyclic) bond motifs is 3. The molecule has 3 aromatic rings. The zero-order valence-corrected chi connectivity index (χ0v) is 17.2. The van der Waals surface area contributed by atoms with Crippen LogP contribution in [0.2, 0.25) is 0 Å². The van der Waals surface area contributed by atoms with Gasteiger partial charge >= 0.3 is 5.97 Å². The summed E-state index contributed by atoms with van der Waals surface area (Å²) in [7, 11) is 1.46. The summed E-state index contributed by atoms with van der Waals surface area (Å²) in [5.74, 6) is -0.507. The summed E-state index contributed by atoms with van der Waals surface area (Å²) >= 11 is 0. The zero-order valence-electron chi connectivity index (χ0n) is 18.2. The van der Waals surface area contributed by atoms with Crippen molar-refractivity contribution in [1.82, 2.24) is 9.88 Å². The lowest BCUT2D eigenvalue weighted by Gasteiger charge is -2.27. The van der Waals surface area contributed by atoms with E-state index in [-0.39, 0.29) is 24.3 Å². The molecule has 152 valence electrons. The molecule has 1 N–H and O–H groups in total. The first-order chi connectivity index (χ1) is 14.6. The third kappa shape index (κ3) is 4.23. The third-order valence-electron chi connectivity index (χ3n) is 6.04. The molecule has 0 aliphatic carbocycles. The summed E-state index contributed by atoms with van der Waals surface area (Å²) in [6.07, 6.45) is 2.26. The van der Waals surface area contributed by atoms with E-state index in [4.69, 9.17) is 6.11 Å². The van der Waals surface area contributed by atoms with Gasteiger partial charge in [-0.05, 0) is 36.0 Å². The highest BCUT2D eigenvalue weighted by Crippen LogP contribution is 2.35. The Morgan fingerprint density at radius 2 is 1.97 bits per heavy atom. The topological polar surface area (TPSA) is 45.3 Å². The zero-order chi connectivity index (χ0) is 21.1. The Labute approximate surface area is 174 Å². The van der Waals surface area contributed by atoms with Crippen molar-refractivity contribution < 1.29 is 10.9 Å². The summed E-state index contributed by atoms with van der Waals surface area (Å²) in [6, 6.07) is 18.6. The lowest BCUT2D eigenvalue weighted by Crippen LogP contribution is -2.31. The van der Waals surface area contributed by atoms with Crippen LogP contribution in [0.15, 0.2) is 54.6 Å². The van der Waals surface area contributed by atoms with Gasteiger partial charge in [0.05, 0.1) is 13.0 Å². The van der Waals surface area contributed by atoms with Crippen molar-refractivity contribution in [1.29, 1.82) is 0 Å². The maximum atomic E-state index is 12.8. The van der Waals surface area contributed by atoms with Crippen LogP contribution < -0.4 is 0 Å². The van der Waals surface area contributed by atoms with E-state index in [1.165, 1.54) is 18.2 Å². The standard InChI is InChI=1S/C25H30N2O2/c1-3-18-15-22(25(28)29-2)24-21(20-11-7-8-12-23(20)26-24)13-14-27(16-18)17-19-9-5-4-6-10-19/h4-12,18,22,26H,3,13-17H2,1-2H3/t18-,22-/m1/s1/i16D/t16-,18-,22-. The van der Waals surface area contributed by atoms with E-state index in [1.54, 1.807) is 0 Å². The number of nitrogens with zero attached hydrogens (tertiary/aromatic N) is 1. The Hall–Kier alpha value is -2.59. The summed E-state index contributed by atoms with van der Waals surface area (Å²) in [5, 5.41) is 1.16. The van der Waals surface area contributed by atoms with Gasteiger partial charge in [-0.25, -0.2) is 0 Å². The van der Waals surface area contributed by atoms with Gasteiger partial charge in [0.1, 0.15) is 0 Å². The molecule has 4 nitrogen and oxygen atoms in total. The molecule has 2 aromatic carbocycles. The van der Waals surface area contributed by atoms with Crippen LogP contribution in [-0.2, 0) is 22.5 Å². The van der Waals surface area contributed by atoms with Crippen LogP contribution in [0.1, 0.15) is 43.9 Å². The Morgan fingerprint density at radius 3 is 2.72 bits per heavy atom. The van der Waals surface area contributed by atoms with Gasteiger partial charge in [0.15, 0.2) is 0 Å². The molecule has 1 aliphatic rings. The second-order valence-corrected chi connectivity index (χ2v) is 7.90. The van der Waals surface area contributed by atoms with E-state index < -0.39 is 0 Å². The highest BCUT2D eigenvalue weighted by molar-refractivity contribution is 5.88. The molecule has 4 rings (SSSR count). The number of hydrogen-bond donors (Lipinski definition) is 1. The first-order valence-corrected chi connectivity index (χ1v) is 10.5. The van der Waals surface area contributed by atoms with Gasteiger partial charge in [0.2, 0.25) is 0 Å². The largest absolute Gasteiger partial charge is 0.469 e. The SMILES string of the molecule is [2H][C@@H]1[C@H](CC)C[C@@H](C(=O)OC)c2[nH]c3ccccc3c2CCN1Cc1ccccc1. The van der Waals surface area contributed by atoms with E-state index >= 15 is 0 Å². The number of para-hydroxylation sites is 1. The highest BCUT2D eigenvalue weighted by atomic mass is 16.5. The van der Waals surface area contributed by atoms with E-state index in [0.29, 0.717) is 6.42 Å². The van der Waals surface area contributed by atoms with Gasteiger partial charge in [-0.15, -0.1) is 0 Å².